The smallest absolute Gasteiger partial charge is 0.205 e. The summed E-state index contributed by atoms with van der Waals surface area (Å²) in [6, 6.07) is 15.5. The highest BCUT2D eigenvalue weighted by Crippen LogP contribution is 2.29. The average Bonchev–Trinajstić information content (AvgIpc) is 3.09. The Hall–Kier alpha value is -2.37. The normalized spacial score (nSPS) is 11.0. The van der Waals surface area contributed by atoms with Gasteiger partial charge in [-0.15, -0.1) is 0 Å². The number of halogens is 1. The van der Waals surface area contributed by atoms with Gasteiger partial charge in [-0.05, 0) is 18.2 Å². The van der Waals surface area contributed by atoms with E-state index in [0.29, 0.717) is 22.4 Å². The number of hydrogen-bond acceptors (Lipinski definition) is 5. The molecule has 0 saturated heterocycles. The van der Waals surface area contributed by atoms with E-state index in [0.717, 1.165) is 21.5 Å². The highest BCUT2D eigenvalue weighted by Gasteiger charge is 2.09. The van der Waals surface area contributed by atoms with Crippen molar-refractivity contribution >= 4 is 34.3 Å². The minimum Gasteiger partial charge on any atom is -0.440 e. The molecule has 24 heavy (non-hydrogen) atoms. The van der Waals surface area contributed by atoms with Crippen LogP contribution in [0.1, 0.15) is 5.89 Å². The van der Waals surface area contributed by atoms with Gasteiger partial charge in [0.1, 0.15) is 11.4 Å². The summed E-state index contributed by atoms with van der Waals surface area (Å²) in [4.78, 5) is 13.0. The Morgan fingerprint density at radius 2 is 1.92 bits per heavy atom. The lowest BCUT2D eigenvalue weighted by Gasteiger charge is -2.02. The van der Waals surface area contributed by atoms with Gasteiger partial charge in [-0.2, -0.15) is 0 Å². The maximum absolute atomic E-state index is 6.02. The summed E-state index contributed by atoms with van der Waals surface area (Å²) in [5.74, 6) is 1.96. The van der Waals surface area contributed by atoms with Gasteiger partial charge in [0.15, 0.2) is 5.76 Å². The van der Waals surface area contributed by atoms with Crippen molar-refractivity contribution in [1.29, 1.82) is 0 Å². The van der Waals surface area contributed by atoms with E-state index < -0.39 is 0 Å². The van der Waals surface area contributed by atoms with Crippen molar-refractivity contribution in [2.75, 3.05) is 0 Å². The summed E-state index contributed by atoms with van der Waals surface area (Å²) in [5, 5.41) is 2.63. The number of oxazole rings is 1. The third-order valence-corrected chi connectivity index (χ3v) is 4.73. The molecule has 0 bridgehead atoms. The summed E-state index contributed by atoms with van der Waals surface area (Å²) in [7, 11) is 0. The van der Waals surface area contributed by atoms with E-state index in [1.165, 1.54) is 0 Å². The fraction of sp³-hybridized carbons (Fsp3) is 0.0556. The minimum atomic E-state index is 0.599. The first-order valence-electron chi connectivity index (χ1n) is 7.33. The number of para-hydroxylation sites is 1. The Morgan fingerprint density at radius 3 is 2.83 bits per heavy atom. The first-order chi connectivity index (χ1) is 11.8. The molecule has 4 nitrogen and oxygen atoms in total. The van der Waals surface area contributed by atoms with Gasteiger partial charge in [0.05, 0.1) is 17.5 Å². The Morgan fingerprint density at radius 1 is 1.00 bits per heavy atom. The molecule has 118 valence electrons. The summed E-state index contributed by atoms with van der Waals surface area (Å²) in [5.41, 5.74) is 1.85. The topological polar surface area (TPSA) is 51.8 Å². The van der Waals surface area contributed by atoms with Crippen LogP contribution in [0.25, 0.3) is 22.2 Å². The lowest BCUT2D eigenvalue weighted by molar-refractivity contribution is 0.530. The summed E-state index contributed by atoms with van der Waals surface area (Å²) < 4.78 is 5.82. The van der Waals surface area contributed by atoms with E-state index in [2.05, 4.69) is 15.0 Å². The van der Waals surface area contributed by atoms with E-state index in [4.69, 9.17) is 16.0 Å². The number of hydrogen-bond donors (Lipinski definition) is 0. The molecule has 2 aromatic carbocycles. The van der Waals surface area contributed by atoms with Crippen molar-refractivity contribution in [3.63, 3.8) is 0 Å². The third-order valence-electron chi connectivity index (χ3n) is 3.50. The Kier molecular flexibility index (Phi) is 4.19. The predicted molar refractivity (Wildman–Crippen MR) is 96.0 cm³/mol. The largest absolute Gasteiger partial charge is 0.440 e. The molecule has 2 heterocycles. The molecule has 0 N–H and O–H groups in total. The Balaban J connectivity index is 1.54. The van der Waals surface area contributed by atoms with Crippen LogP contribution in [0.2, 0.25) is 5.02 Å². The van der Waals surface area contributed by atoms with Gasteiger partial charge in [0.25, 0.3) is 0 Å². The molecule has 6 heteroatoms. The fourth-order valence-electron chi connectivity index (χ4n) is 2.38. The van der Waals surface area contributed by atoms with Gasteiger partial charge < -0.3 is 4.42 Å². The summed E-state index contributed by atoms with van der Waals surface area (Å²) in [6.07, 6.45) is 3.30. The second kappa shape index (κ2) is 6.63. The van der Waals surface area contributed by atoms with E-state index in [9.17, 15) is 0 Å². The number of rotatable bonds is 4. The van der Waals surface area contributed by atoms with Crippen molar-refractivity contribution in [2.45, 2.75) is 10.8 Å². The number of aromatic nitrogens is 3. The van der Waals surface area contributed by atoms with Gasteiger partial charge in [0.2, 0.25) is 5.89 Å². The van der Waals surface area contributed by atoms with Gasteiger partial charge in [0, 0.05) is 16.0 Å². The molecule has 4 rings (SSSR count). The predicted octanol–water partition coefficient (Wildman–Crippen LogP) is 5.23. The van der Waals surface area contributed by atoms with Crippen LogP contribution in [-0.4, -0.2) is 15.0 Å². The monoisotopic (exact) mass is 353 g/mol. The van der Waals surface area contributed by atoms with Gasteiger partial charge >= 0.3 is 0 Å². The van der Waals surface area contributed by atoms with Crippen LogP contribution >= 0.6 is 23.4 Å². The first-order valence-corrected chi connectivity index (χ1v) is 8.69. The van der Waals surface area contributed by atoms with Crippen LogP contribution in [0.5, 0.6) is 0 Å². The minimum absolute atomic E-state index is 0.599. The van der Waals surface area contributed by atoms with Crippen molar-refractivity contribution in [3.05, 3.63) is 72.0 Å². The Labute approximate surface area is 147 Å². The molecule has 0 spiro atoms. The van der Waals surface area contributed by atoms with Gasteiger partial charge in [-0.25, -0.2) is 15.0 Å². The molecule has 0 aliphatic rings. The maximum atomic E-state index is 6.02. The van der Waals surface area contributed by atoms with E-state index in [1.807, 2.05) is 48.5 Å². The van der Waals surface area contributed by atoms with Crippen LogP contribution in [0, 0.1) is 0 Å². The molecule has 0 atom stereocenters. The first kappa shape index (κ1) is 15.2. The molecule has 0 aliphatic heterocycles. The van der Waals surface area contributed by atoms with Crippen molar-refractivity contribution in [3.8, 4) is 11.3 Å². The highest BCUT2D eigenvalue weighted by atomic mass is 35.5. The third kappa shape index (κ3) is 3.13. The number of nitrogens with zero attached hydrogens (tertiary/aromatic N) is 3. The standard InChI is InChI=1S/C18H12ClN3OS/c19-13-5-3-4-12(8-13)16-9-20-17(23-16)10-24-18-14-6-1-2-7-15(14)21-11-22-18/h1-9,11H,10H2. The average molecular weight is 354 g/mol. The van der Waals surface area contributed by atoms with E-state index in [-0.39, 0.29) is 0 Å². The molecule has 0 aliphatic carbocycles. The van der Waals surface area contributed by atoms with Gasteiger partial charge in [-0.1, -0.05) is 53.7 Å². The van der Waals surface area contributed by atoms with Crippen LogP contribution in [0.4, 0.5) is 0 Å². The maximum Gasteiger partial charge on any atom is 0.205 e. The highest BCUT2D eigenvalue weighted by molar-refractivity contribution is 7.98. The molecule has 0 amide bonds. The molecule has 0 unspecified atom stereocenters. The van der Waals surface area contributed by atoms with Crippen LogP contribution in [-0.2, 0) is 5.75 Å². The zero-order valence-electron chi connectivity index (χ0n) is 12.5. The zero-order chi connectivity index (χ0) is 16.4. The molecule has 0 radical (unpaired) electrons. The van der Waals surface area contributed by atoms with Crippen LogP contribution in [0.3, 0.4) is 0 Å². The van der Waals surface area contributed by atoms with Gasteiger partial charge in [-0.3, -0.25) is 0 Å². The molecular formula is C18H12ClN3OS. The number of benzene rings is 2. The second-order valence-electron chi connectivity index (χ2n) is 5.11. The lowest BCUT2D eigenvalue weighted by Crippen LogP contribution is -1.87. The molecular weight excluding hydrogens is 342 g/mol. The van der Waals surface area contributed by atoms with Crippen LogP contribution < -0.4 is 0 Å². The second-order valence-corrected chi connectivity index (χ2v) is 6.51. The fourth-order valence-corrected chi connectivity index (χ4v) is 3.41. The van der Waals surface area contributed by atoms with Crippen molar-refractivity contribution in [1.82, 2.24) is 15.0 Å². The van der Waals surface area contributed by atoms with E-state index in [1.54, 1.807) is 24.3 Å². The quantitative estimate of drug-likeness (QED) is 0.371. The SMILES string of the molecule is Clc1cccc(-c2cnc(CSc3ncnc4ccccc34)o2)c1. The molecule has 2 aromatic heterocycles. The number of fused-ring (bicyclic) bond motifs is 1. The summed E-state index contributed by atoms with van der Waals surface area (Å²) in [6.45, 7) is 0. The molecule has 0 saturated carbocycles. The summed E-state index contributed by atoms with van der Waals surface area (Å²) >= 11 is 7.60. The molecule has 0 fully saturated rings. The van der Waals surface area contributed by atoms with Crippen molar-refractivity contribution in [2.24, 2.45) is 0 Å². The zero-order valence-corrected chi connectivity index (χ0v) is 14.1. The molecule has 4 aromatic rings. The van der Waals surface area contributed by atoms with E-state index >= 15 is 0 Å². The lowest BCUT2D eigenvalue weighted by atomic mass is 10.2. The van der Waals surface area contributed by atoms with Crippen molar-refractivity contribution < 1.29 is 4.42 Å². The number of thioether (sulfide) groups is 1. The van der Waals surface area contributed by atoms with Crippen LogP contribution in [0.15, 0.2) is 70.5 Å². The Bertz CT molecular complexity index is 997.